The van der Waals surface area contributed by atoms with E-state index in [0.29, 0.717) is 88.7 Å². The molecule has 4 aliphatic rings. The first-order valence-corrected chi connectivity index (χ1v) is 27.7. The molecule has 0 atom stereocenters. The fraction of sp³-hybridized carbons (Fsp3) is 0.0204. The molecule has 0 aliphatic carbocycles. The summed E-state index contributed by atoms with van der Waals surface area (Å²) < 4.78 is 119. The summed E-state index contributed by atoms with van der Waals surface area (Å²) in [5.74, 6) is 1.70. The van der Waals surface area contributed by atoms with Gasteiger partial charge in [0.1, 0.15) is 0 Å². The molecule has 0 amide bonds. The molecule has 0 unspecified atom stereocenters. The molecule has 18 nitrogen and oxygen atoms in total. The summed E-state index contributed by atoms with van der Waals surface area (Å²) in [5.41, 5.74) is 4.07. The van der Waals surface area contributed by atoms with Gasteiger partial charge in [-0.1, -0.05) is 0 Å². The summed E-state index contributed by atoms with van der Waals surface area (Å²) >= 11 is -2.34. The zero-order valence-corrected chi connectivity index (χ0v) is 41.0. The van der Waals surface area contributed by atoms with E-state index in [1.54, 1.807) is 54.6 Å². The van der Waals surface area contributed by atoms with Crippen molar-refractivity contribution in [3.8, 4) is 0 Å². The van der Waals surface area contributed by atoms with Crippen LogP contribution in [0.25, 0.3) is 64.6 Å². The minimum Gasteiger partial charge on any atom is -0.412 e. The van der Waals surface area contributed by atoms with Crippen molar-refractivity contribution in [2.24, 2.45) is 25.0 Å². The van der Waals surface area contributed by atoms with Gasteiger partial charge in [-0.05, 0) is 0 Å². The number of aliphatic imine (C=N–C) groups is 4. The van der Waals surface area contributed by atoms with E-state index < -0.39 is 62.9 Å². The van der Waals surface area contributed by atoms with Gasteiger partial charge in [0, 0.05) is 0 Å². The maximum absolute atomic E-state index is 12.8. The van der Waals surface area contributed by atoms with Gasteiger partial charge in [0.05, 0.1) is 0 Å². The largest absolute Gasteiger partial charge is 0.412 e. The Morgan fingerprint density at radius 3 is 1.51 bits per heavy atom. The first-order valence-electron chi connectivity index (χ1n) is 21.4. The van der Waals surface area contributed by atoms with Crippen LogP contribution in [0.4, 0.5) is 11.6 Å². The quantitative estimate of drug-likeness (QED) is 0.200. The Kier molecular flexibility index (Phi) is 8.91. The van der Waals surface area contributed by atoms with E-state index in [0.717, 1.165) is 21.9 Å². The van der Waals surface area contributed by atoms with Crippen LogP contribution in [0.5, 0.6) is 0 Å². The van der Waals surface area contributed by atoms with Crippen molar-refractivity contribution in [2.45, 2.75) is 21.6 Å². The van der Waals surface area contributed by atoms with Gasteiger partial charge >= 0.3 is 405 Å². The van der Waals surface area contributed by atoms with Crippen LogP contribution in [-0.4, -0.2) is 92.2 Å². The minimum absolute atomic E-state index is 0. The van der Waals surface area contributed by atoms with Gasteiger partial charge in [-0.15, -0.1) is 0 Å². The van der Waals surface area contributed by atoms with Gasteiger partial charge < -0.3 is 5.48 Å². The van der Waals surface area contributed by atoms with E-state index in [9.17, 15) is 38.9 Å². The number of hydrogen-bond donors (Lipinski definition) is 1. The van der Waals surface area contributed by atoms with E-state index >= 15 is 0 Å². The maximum atomic E-state index is 12.8. The summed E-state index contributed by atoms with van der Waals surface area (Å²) in [5, 5.41) is 5.63. The molecule has 0 spiro atoms. The molecule has 0 saturated carbocycles. The Morgan fingerprint density at radius 2 is 0.901 bits per heavy atom. The molecule has 14 rings (SSSR count). The summed E-state index contributed by atoms with van der Waals surface area (Å²) in [6.07, 6.45) is 0. The number of nitrogens with one attached hydrogen (secondary N) is 1. The van der Waals surface area contributed by atoms with E-state index in [-0.39, 0.29) is 33.3 Å². The van der Waals surface area contributed by atoms with Crippen molar-refractivity contribution >= 4 is 148 Å². The number of aromatic nitrogens is 2. The predicted molar refractivity (Wildman–Crippen MR) is 262 cm³/mol. The van der Waals surface area contributed by atoms with Crippen LogP contribution in [-0.2, 0) is 30.4 Å². The number of benzene rings is 8. The van der Waals surface area contributed by atoms with Gasteiger partial charge in [0.25, 0.3) is 0 Å². The molecular weight excluding hydrogens is 1030 g/mol. The Labute approximate surface area is 408 Å². The molecule has 6 heterocycles. The third-order valence-electron chi connectivity index (χ3n) is 13.4. The predicted octanol–water partition coefficient (Wildman–Crippen LogP) is 3.36. The molecule has 0 saturated heterocycles. The number of nitrogens with zero attached hydrogens (tertiary/aromatic N) is 7. The van der Waals surface area contributed by atoms with Crippen molar-refractivity contribution in [3.63, 3.8) is 0 Å². The zero-order chi connectivity index (χ0) is 47.9. The monoisotopic (exact) mass is 1050 g/mol. The second kappa shape index (κ2) is 14.5. The molecule has 0 fully saturated rings. The molecule has 1 radical (unpaired) electrons. The molecule has 345 valence electrons. The molecule has 8 aromatic carbocycles. The number of aryl methyl sites for hydroxylation is 1. The van der Waals surface area contributed by atoms with Gasteiger partial charge in [0.2, 0.25) is 0 Å². The Balaban J connectivity index is 0.00000492. The molecular formula is C49H26GaN8O10S3-2. The zero-order valence-electron chi connectivity index (χ0n) is 36.2. The normalized spacial score (nSPS) is 14.8. The summed E-state index contributed by atoms with van der Waals surface area (Å²) in [4.78, 5) is 28.4. The van der Waals surface area contributed by atoms with E-state index in [1.807, 2.05) is 43.8 Å². The second-order valence-corrected chi connectivity index (χ2v) is 24.1. The Morgan fingerprint density at radius 1 is 0.451 bits per heavy atom. The minimum atomic E-state index is -4.97. The number of amidine groups is 4. The summed E-state index contributed by atoms with van der Waals surface area (Å²) in [6.45, 7) is 2.02. The first kappa shape index (κ1) is 43.5. The molecule has 6 bridgehead atoms. The fourth-order valence-electron chi connectivity index (χ4n) is 10.3. The average molecular weight is 1050 g/mol. The van der Waals surface area contributed by atoms with Crippen LogP contribution < -0.4 is 16.0 Å². The summed E-state index contributed by atoms with van der Waals surface area (Å²) in [7, 11) is -14.9. The van der Waals surface area contributed by atoms with Crippen LogP contribution in [0.3, 0.4) is 0 Å². The SMILES string of the molecule is Cc1cccc2cc3c(cc12)C1=NC3=Nc2c3cc4c(S(=O)(=O)[O-])cccc4cc3c3[n]2[Ga][n]2c(c4cc5c(S(=O)(=O)[O-])cccc5cc4c2=[NH+]1)=NC1=NC(=N3)c2cc3c(S(=O)(=O)[O-])cccc3cc21.O. The number of fused-ring (bicyclic) bond motifs is 18. The van der Waals surface area contributed by atoms with Crippen molar-refractivity contribution in [2.75, 3.05) is 0 Å². The smallest absolute Gasteiger partial charge is 0.412 e. The van der Waals surface area contributed by atoms with Gasteiger partial charge in [-0.2, -0.15) is 0 Å². The van der Waals surface area contributed by atoms with Crippen LogP contribution in [0, 0.1) is 6.92 Å². The van der Waals surface area contributed by atoms with E-state index in [4.69, 9.17) is 25.0 Å². The number of hydrogen-bond acceptors (Lipinski definition) is 14. The van der Waals surface area contributed by atoms with Crippen LogP contribution >= 0.6 is 0 Å². The van der Waals surface area contributed by atoms with Gasteiger partial charge in [-0.3, -0.25) is 0 Å². The van der Waals surface area contributed by atoms with E-state index in [2.05, 4.69) is 4.99 Å². The van der Waals surface area contributed by atoms with Crippen molar-refractivity contribution in [3.05, 3.63) is 160 Å². The maximum Gasteiger partial charge on any atom is -0.412 e. The third kappa shape index (κ3) is 6.30. The third-order valence-corrected chi connectivity index (χ3v) is 19.1. The van der Waals surface area contributed by atoms with Crippen LogP contribution in [0.2, 0.25) is 0 Å². The van der Waals surface area contributed by atoms with Gasteiger partial charge in [-0.25, -0.2) is 0 Å². The fourth-order valence-corrected chi connectivity index (χ4v) is 15.4. The molecule has 3 N–H and O–H groups in total. The first-order chi connectivity index (χ1) is 33.5. The van der Waals surface area contributed by atoms with Crippen molar-refractivity contribution < 1.29 is 49.4 Å². The topological polar surface area (TPSA) is 289 Å². The standard InChI is InChI=1S/C49H26N8O9S3.Ga.H2O/c1-22-6-2-7-23-14-31-35(18-27(22)23)46-50-42(31)52-47-37-20-29-25(9-4-12-40(29)68(61,62)63)16-33(37)44(54-47)56-49-38-21-30-26(10-5-13-41(30)69(64,65)66)17-34(38)45(57-49)55-48-36-19-28-24(15-32(36)43(51-46)53-48)8-3-11-39(28)67(58,59)60;;/h2-21H,1H3,(H3-2,50,51,52,53,54,55,56,57,58,59,60,61,62,63,64,65,66);;1H2/q-2;+2;/p-2. The van der Waals surface area contributed by atoms with Crippen LogP contribution in [0.1, 0.15) is 27.8 Å². The summed E-state index contributed by atoms with van der Waals surface area (Å²) in [6, 6.07) is 33.3. The Bertz CT molecular complexity index is 4910. The molecule has 71 heavy (non-hydrogen) atoms. The molecule has 4 aliphatic heterocycles. The second-order valence-electron chi connectivity index (χ2n) is 17.4. The average Bonchev–Trinajstić information content (AvgIpc) is 3.99. The Hall–Kier alpha value is -7.51. The van der Waals surface area contributed by atoms with Crippen LogP contribution in [0.15, 0.2) is 161 Å². The van der Waals surface area contributed by atoms with E-state index in [1.165, 1.54) is 36.4 Å². The molecule has 10 aromatic rings. The molecule has 2 aromatic heterocycles. The van der Waals surface area contributed by atoms with Crippen molar-refractivity contribution in [1.82, 2.24) is 6.55 Å². The molecule has 22 heteroatoms. The van der Waals surface area contributed by atoms with Crippen molar-refractivity contribution in [1.29, 1.82) is 0 Å². The number of rotatable bonds is 3. The van der Waals surface area contributed by atoms with Gasteiger partial charge in [0.15, 0.2) is 0 Å².